The van der Waals surface area contributed by atoms with Crippen molar-refractivity contribution in [2.45, 2.75) is 4.71 Å². The van der Waals surface area contributed by atoms with Gasteiger partial charge in [-0.1, -0.05) is 0 Å². The summed E-state index contributed by atoms with van der Waals surface area (Å²) in [6.45, 7) is 0. The first-order valence-corrected chi connectivity index (χ1v) is 5.02. The summed E-state index contributed by atoms with van der Waals surface area (Å²) in [5, 5.41) is 0. The zero-order valence-corrected chi connectivity index (χ0v) is 10.5. The number of rotatable bonds is 3. The molecule has 0 spiro atoms. The largest absolute Gasteiger partial charge is 0.147 e. The Morgan fingerprint density at radius 2 is 1.92 bits per heavy atom. The van der Waals surface area contributed by atoms with Crippen molar-refractivity contribution < 1.29 is 9.53 Å². The second kappa shape index (κ2) is 6.06. The molecule has 13 heavy (non-hydrogen) atoms. The van der Waals surface area contributed by atoms with E-state index in [2.05, 4.69) is 0 Å². The summed E-state index contributed by atoms with van der Waals surface area (Å²) >= 11 is 1.42. The molecule has 0 radical (unpaired) electrons. The van der Waals surface area contributed by atoms with Crippen LogP contribution in [0.25, 0.3) is 0 Å². The number of aldehydes is 1. The van der Waals surface area contributed by atoms with E-state index >= 15 is 0 Å². The van der Waals surface area contributed by atoms with Gasteiger partial charge in [0.2, 0.25) is 0 Å². The standard InChI is InChI=1S/C9H11AsO2.ClH/c1-12-8-4-2-7(3-5-8)9(10)6-11;/h2-6,9H,10H2,1H3;1H. The van der Waals surface area contributed by atoms with E-state index in [1.165, 1.54) is 16.9 Å². The van der Waals surface area contributed by atoms with Gasteiger partial charge in [-0.3, -0.25) is 0 Å². The average Bonchev–Trinajstić information content (AvgIpc) is 2.17. The summed E-state index contributed by atoms with van der Waals surface area (Å²) in [6.07, 6.45) is 0.960. The van der Waals surface area contributed by atoms with Crippen molar-refractivity contribution in [2.24, 2.45) is 0 Å². The fourth-order valence-electron chi connectivity index (χ4n) is 0.905. The van der Waals surface area contributed by atoms with Crippen molar-refractivity contribution in [3.63, 3.8) is 0 Å². The molecule has 0 aliphatic heterocycles. The summed E-state index contributed by atoms with van der Waals surface area (Å²) in [7, 11) is 1.63. The molecule has 1 aromatic rings. The predicted molar refractivity (Wildman–Crippen MR) is 57.6 cm³/mol. The molecule has 0 amide bonds. The molecule has 0 fully saturated rings. The van der Waals surface area contributed by atoms with Crippen LogP contribution in [0.3, 0.4) is 0 Å². The van der Waals surface area contributed by atoms with Crippen molar-refractivity contribution in [3.05, 3.63) is 29.8 Å². The van der Waals surface area contributed by atoms with Crippen molar-refractivity contribution in [1.82, 2.24) is 0 Å². The van der Waals surface area contributed by atoms with Gasteiger partial charge in [0.25, 0.3) is 0 Å². The van der Waals surface area contributed by atoms with E-state index in [0.717, 1.165) is 17.6 Å². The quantitative estimate of drug-likeness (QED) is 0.600. The van der Waals surface area contributed by atoms with Gasteiger partial charge in [0.15, 0.2) is 0 Å². The van der Waals surface area contributed by atoms with Gasteiger partial charge >= 0.3 is 80.1 Å². The summed E-state index contributed by atoms with van der Waals surface area (Å²) in [5.41, 5.74) is 1.05. The van der Waals surface area contributed by atoms with Crippen molar-refractivity contribution in [2.75, 3.05) is 7.11 Å². The summed E-state index contributed by atoms with van der Waals surface area (Å²) in [5.74, 6) is 0.823. The fourth-order valence-corrected chi connectivity index (χ4v) is 1.37. The minimum atomic E-state index is 0. The molecule has 72 valence electrons. The number of hydrogen-bond acceptors (Lipinski definition) is 2. The van der Waals surface area contributed by atoms with Crippen LogP contribution in [0.5, 0.6) is 5.75 Å². The topological polar surface area (TPSA) is 26.3 Å². The Bertz CT molecular complexity index is 261. The Balaban J connectivity index is 0.00000144. The van der Waals surface area contributed by atoms with Crippen LogP contribution in [-0.2, 0) is 4.79 Å². The van der Waals surface area contributed by atoms with Gasteiger partial charge in [-0.2, -0.15) is 0 Å². The molecular weight excluding hydrogens is 250 g/mol. The molecule has 1 rings (SSSR count). The summed E-state index contributed by atoms with van der Waals surface area (Å²) in [6, 6.07) is 7.57. The van der Waals surface area contributed by atoms with Gasteiger partial charge in [-0.25, -0.2) is 0 Å². The third kappa shape index (κ3) is 3.41. The van der Waals surface area contributed by atoms with Gasteiger partial charge in [-0.05, 0) is 0 Å². The van der Waals surface area contributed by atoms with Crippen LogP contribution in [0.15, 0.2) is 24.3 Å². The Morgan fingerprint density at radius 3 is 2.31 bits per heavy atom. The van der Waals surface area contributed by atoms with Crippen LogP contribution >= 0.6 is 12.4 Å². The van der Waals surface area contributed by atoms with Crippen LogP contribution in [0, 0.1) is 0 Å². The molecule has 2 atom stereocenters. The van der Waals surface area contributed by atoms with E-state index in [4.69, 9.17) is 4.74 Å². The number of benzene rings is 1. The molecule has 0 saturated heterocycles. The molecule has 4 heteroatoms. The molecule has 0 bridgehead atoms. The Kier molecular flexibility index (Phi) is 5.85. The maximum Gasteiger partial charge on any atom is -0.147 e. The fraction of sp³-hybridized carbons (Fsp3) is 0.222. The van der Waals surface area contributed by atoms with Gasteiger partial charge in [-0.15, -0.1) is 12.4 Å². The van der Waals surface area contributed by atoms with Crippen LogP contribution < -0.4 is 4.74 Å². The first-order chi connectivity index (χ1) is 5.77. The van der Waals surface area contributed by atoms with Crippen LogP contribution in [-0.4, -0.2) is 30.2 Å². The first kappa shape index (κ1) is 12.5. The normalized spacial score (nSPS) is 11.2. The van der Waals surface area contributed by atoms with Gasteiger partial charge in [0, 0.05) is 0 Å². The monoisotopic (exact) mass is 262 g/mol. The van der Waals surface area contributed by atoms with E-state index < -0.39 is 0 Å². The maximum atomic E-state index is 10.4. The number of carbonyl (C=O) groups is 1. The van der Waals surface area contributed by atoms with E-state index in [-0.39, 0.29) is 17.1 Å². The zero-order chi connectivity index (χ0) is 8.97. The minimum absolute atomic E-state index is 0. The Morgan fingerprint density at radius 1 is 1.38 bits per heavy atom. The first-order valence-electron chi connectivity index (χ1n) is 3.62. The van der Waals surface area contributed by atoms with E-state index in [9.17, 15) is 4.79 Å². The number of hydrogen-bond donors (Lipinski definition) is 0. The predicted octanol–water partition coefficient (Wildman–Crippen LogP) is 0.990. The molecule has 2 unspecified atom stereocenters. The smallest absolute Gasteiger partial charge is 0.147 e. The third-order valence-corrected chi connectivity index (χ3v) is 2.78. The third-order valence-electron chi connectivity index (χ3n) is 1.65. The minimum Gasteiger partial charge on any atom is -0.147 e. The molecule has 0 heterocycles. The molecular formula is C9H12AsClO2. The van der Waals surface area contributed by atoms with E-state index in [0.29, 0.717) is 0 Å². The summed E-state index contributed by atoms with van der Waals surface area (Å²) < 4.78 is 5.03. The van der Waals surface area contributed by atoms with Crippen molar-refractivity contribution in [1.29, 1.82) is 0 Å². The molecule has 0 aromatic heterocycles. The number of carbonyl (C=O) groups excluding carboxylic acids is 1. The van der Waals surface area contributed by atoms with Crippen LogP contribution in [0.4, 0.5) is 0 Å². The zero-order valence-electron chi connectivity index (χ0n) is 7.27. The van der Waals surface area contributed by atoms with Crippen LogP contribution in [0.1, 0.15) is 10.3 Å². The van der Waals surface area contributed by atoms with Crippen molar-refractivity contribution >= 4 is 35.5 Å². The van der Waals surface area contributed by atoms with E-state index in [1.54, 1.807) is 7.11 Å². The second-order valence-electron chi connectivity index (χ2n) is 2.44. The second-order valence-corrected chi connectivity index (χ2v) is 3.94. The van der Waals surface area contributed by atoms with Crippen LogP contribution in [0.2, 0.25) is 0 Å². The summed E-state index contributed by atoms with van der Waals surface area (Å²) in [4.78, 5) is 10.4. The Labute approximate surface area is 92.6 Å². The van der Waals surface area contributed by atoms with Gasteiger partial charge < -0.3 is 0 Å². The molecule has 0 saturated carbocycles. The number of halogens is 1. The molecule has 0 aliphatic carbocycles. The molecule has 1 aromatic carbocycles. The number of ether oxygens (including phenoxy) is 1. The molecule has 0 N–H and O–H groups in total. The van der Waals surface area contributed by atoms with E-state index in [1.807, 2.05) is 24.3 Å². The van der Waals surface area contributed by atoms with Gasteiger partial charge in [0.05, 0.1) is 0 Å². The SMILES string of the molecule is COc1ccc(C([AsH2])C=O)cc1.Cl. The maximum absolute atomic E-state index is 10.4. The van der Waals surface area contributed by atoms with Crippen molar-refractivity contribution in [3.8, 4) is 5.75 Å². The Hall–Kier alpha value is -0.462. The number of methoxy groups -OCH3 is 1. The molecule has 0 aliphatic rings. The average molecular weight is 263 g/mol. The molecule has 2 nitrogen and oxygen atoms in total. The van der Waals surface area contributed by atoms with Gasteiger partial charge in [0.1, 0.15) is 0 Å².